The molecule has 0 saturated carbocycles. The molecule has 1 aliphatic heterocycles. The highest BCUT2D eigenvalue weighted by Gasteiger charge is 2.44. The van der Waals surface area contributed by atoms with E-state index in [-0.39, 0.29) is 19.2 Å². The van der Waals surface area contributed by atoms with Gasteiger partial charge in [0.05, 0.1) is 19.8 Å². The van der Waals surface area contributed by atoms with Crippen molar-refractivity contribution in [3.05, 3.63) is 48.6 Å². The van der Waals surface area contributed by atoms with Crippen molar-refractivity contribution in [3.8, 4) is 0 Å². The number of allylic oxidation sites excluding steroid dienone is 8. The molecule has 57 heavy (non-hydrogen) atoms. The van der Waals surface area contributed by atoms with E-state index in [1.807, 2.05) is 0 Å². The van der Waals surface area contributed by atoms with Crippen LogP contribution in [0.1, 0.15) is 187 Å². The molecule has 1 saturated heterocycles. The summed E-state index contributed by atoms with van der Waals surface area (Å²) in [7, 11) is 0. The van der Waals surface area contributed by atoms with Gasteiger partial charge in [0.1, 0.15) is 30.5 Å². The fourth-order valence-corrected chi connectivity index (χ4v) is 6.89. The SMILES string of the molecule is CC/C=C\C/C=C\C/C=C\C/C=C\CCCCCCCCCCCCCOCC(COC1OC(CO)C(O)C(O)C1O)OC(=O)CCCCCCCCCCCC. The maximum atomic E-state index is 12.7. The zero-order valence-electron chi connectivity index (χ0n) is 36.3. The summed E-state index contributed by atoms with van der Waals surface area (Å²) in [6, 6.07) is 0. The highest BCUT2D eigenvalue weighted by atomic mass is 16.7. The van der Waals surface area contributed by atoms with Gasteiger partial charge in [-0.1, -0.05) is 178 Å². The minimum atomic E-state index is -1.54. The van der Waals surface area contributed by atoms with Crippen LogP contribution in [-0.2, 0) is 23.7 Å². The fraction of sp³-hybridized carbons (Fsp3) is 0.812. The molecule has 1 fully saturated rings. The van der Waals surface area contributed by atoms with Crippen molar-refractivity contribution in [2.75, 3.05) is 26.4 Å². The van der Waals surface area contributed by atoms with Crippen molar-refractivity contribution in [1.29, 1.82) is 0 Å². The van der Waals surface area contributed by atoms with Gasteiger partial charge in [-0.25, -0.2) is 0 Å². The number of hydrogen-bond donors (Lipinski definition) is 4. The molecule has 0 aromatic rings. The first kappa shape index (κ1) is 53.2. The van der Waals surface area contributed by atoms with Crippen molar-refractivity contribution in [2.24, 2.45) is 0 Å². The van der Waals surface area contributed by atoms with Gasteiger partial charge in [0, 0.05) is 13.0 Å². The molecule has 4 N–H and O–H groups in total. The summed E-state index contributed by atoms with van der Waals surface area (Å²) < 4.78 is 22.8. The Bertz CT molecular complexity index is 1010. The van der Waals surface area contributed by atoms with Gasteiger partial charge in [-0.05, 0) is 51.4 Å². The molecule has 1 rings (SSSR count). The normalized spacial score (nSPS) is 20.8. The van der Waals surface area contributed by atoms with E-state index in [0.717, 1.165) is 57.8 Å². The lowest BCUT2D eigenvalue weighted by Gasteiger charge is -2.39. The summed E-state index contributed by atoms with van der Waals surface area (Å²) in [6.07, 6.45) is 41.5. The van der Waals surface area contributed by atoms with E-state index in [0.29, 0.717) is 13.0 Å². The molecule has 0 amide bonds. The van der Waals surface area contributed by atoms with E-state index in [9.17, 15) is 25.2 Å². The van der Waals surface area contributed by atoms with Gasteiger partial charge in [-0.3, -0.25) is 4.79 Å². The molecule has 1 heterocycles. The number of rotatable bonds is 39. The summed E-state index contributed by atoms with van der Waals surface area (Å²) in [4.78, 5) is 12.7. The van der Waals surface area contributed by atoms with Crippen molar-refractivity contribution >= 4 is 5.97 Å². The van der Waals surface area contributed by atoms with Gasteiger partial charge in [0.15, 0.2) is 6.29 Å². The van der Waals surface area contributed by atoms with Crippen LogP contribution < -0.4 is 0 Å². The maximum absolute atomic E-state index is 12.7. The summed E-state index contributed by atoms with van der Waals surface area (Å²) in [5, 5.41) is 40.1. The van der Waals surface area contributed by atoms with E-state index in [1.54, 1.807) is 0 Å². The molecule has 0 bridgehead atoms. The number of carbonyl (C=O) groups is 1. The monoisotopic (exact) mass is 807 g/mol. The van der Waals surface area contributed by atoms with Crippen LogP contribution in [0.5, 0.6) is 0 Å². The van der Waals surface area contributed by atoms with Crippen molar-refractivity contribution in [2.45, 2.75) is 224 Å². The Labute approximate surface area is 348 Å². The first-order valence-electron chi connectivity index (χ1n) is 23.2. The first-order valence-corrected chi connectivity index (χ1v) is 23.2. The van der Waals surface area contributed by atoms with Crippen LogP contribution in [0.3, 0.4) is 0 Å². The molecular formula is C48H86O9. The predicted molar refractivity (Wildman–Crippen MR) is 233 cm³/mol. The van der Waals surface area contributed by atoms with Crippen LogP contribution >= 0.6 is 0 Å². The van der Waals surface area contributed by atoms with Crippen LogP contribution in [0.25, 0.3) is 0 Å². The smallest absolute Gasteiger partial charge is 0.306 e. The third-order valence-corrected chi connectivity index (χ3v) is 10.5. The third kappa shape index (κ3) is 30.8. The molecule has 0 aromatic heterocycles. The van der Waals surface area contributed by atoms with E-state index in [4.69, 9.17) is 18.9 Å². The van der Waals surface area contributed by atoms with Gasteiger partial charge in [0.25, 0.3) is 0 Å². The van der Waals surface area contributed by atoms with Crippen LogP contribution in [0, 0.1) is 0 Å². The Hall–Kier alpha value is -1.85. The van der Waals surface area contributed by atoms with E-state index >= 15 is 0 Å². The highest BCUT2D eigenvalue weighted by molar-refractivity contribution is 5.69. The van der Waals surface area contributed by atoms with Crippen molar-refractivity contribution in [3.63, 3.8) is 0 Å². The van der Waals surface area contributed by atoms with Gasteiger partial charge in [-0.15, -0.1) is 0 Å². The van der Waals surface area contributed by atoms with Crippen molar-refractivity contribution in [1.82, 2.24) is 0 Å². The second-order valence-electron chi connectivity index (χ2n) is 15.8. The molecule has 1 aliphatic rings. The molecule has 9 heteroatoms. The molecule has 332 valence electrons. The van der Waals surface area contributed by atoms with Crippen LogP contribution in [0.15, 0.2) is 48.6 Å². The zero-order chi connectivity index (χ0) is 41.4. The van der Waals surface area contributed by atoms with Crippen LogP contribution in [0.2, 0.25) is 0 Å². The average molecular weight is 807 g/mol. The molecule has 9 nitrogen and oxygen atoms in total. The zero-order valence-corrected chi connectivity index (χ0v) is 36.3. The third-order valence-electron chi connectivity index (χ3n) is 10.5. The number of hydrogen-bond acceptors (Lipinski definition) is 9. The Morgan fingerprint density at radius 1 is 0.579 bits per heavy atom. The second-order valence-corrected chi connectivity index (χ2v) is 15.8. The number of aliphatic hydroxyl groups is 4. The molecule has 6 unspecified atom stereocenters. The van der Waals surface area contributed by atoms with Crippen LogP contribution in [-0.4, -0.2) is 89.6 Å². The molecule has 0 radical (unpaired) electrons. The van der Waals surface area contributed by atoms with E-state index in [1.165, 1.54) is 109 Å². The first-order chi connectivity index (χ1) is 27.9. The van der Waals surface area contributed by atoms with Crippen LogP contribution in [0.4, 0.5) is 0 Å². The maximum Gasteiger partial charge on any atom is 0.306 e. The molecule has 6 atom stereocenters. The van der Waals surface area contributed by atoms with Gasteiger partial charge >= 0.3 is 5.97 Å². The highest BCUT2D eigenvalue weighted by Crippen LogP contribution is 2.22. The van der Waals surface area contributed by atoms with Gasteiger partial charge in [-0.2, -0.15) is 0 Å². The standard InChI is InChI=1S/C48H86O9/c1-3-5-7-9-11-13-15-16-17-18-19-20-21-22-23-24-25-26-27-28-30-32-34-36-38-54-40-42(41-55-48-47(53)46(52)45(51)43(39-49)57-48)56-44(50)37-35-33-31-29-14-12-10-8-6-4-2/h5,7,11,13,16-17,19-20,42-43,45-49,51-53H,3-4,6,8-10,12,14-15,18,21-41H2,1-2H3/b7-5-,13-11-,17-16-,20-19-. The fourth-order valence-electron chi connectivity index (χ4n) is 6.89. The number of esters is 1. The van der Waals surface area contributed by atoms with Gasteiger partial charge < -0.3 is 39.4 Å². The lowest BCUT2D eigenvalue weighted by molar-refractivity contribution is -0.305. The lowest BCUT2D eigenvalue weighted by atomic mass is 9.99. The number of ether oxygens (including phenoxy) is 4. The summed E-state index contributed by atoms with van der Waals surface area (Å²) in [6.45, 7) is 4.43. The second kappa shape index (κ2) is 39.6. The van der Waals surface area contributed by atoms with E-state index in [2.05, 4.69) is 62.5 Å². The average Bonchev–Trinajstić information content (AvgIpc) is 3.21. The number of aliphatic hydroxyl groups excluding tert-OH is 4. The lowest BCUT2D eigenvalue weighted by Crippen LogP contribution is -2.59. The number of unbranched alkanes of at least 4 members (excludes halogenated alkanes) is 20. The van der Waals surface area contributed by atoms with Gasteiger partial charge in [0.2, 0.25) is 0 Å². The molecule has 0 spiro atoms. The largest absolute Gasteiger partial charge is 0.457 e. The van der Waals surface area contributed by atoms with Crippen molar-refractivity contribution < 1.29 is 44.2 Å². The molecule has 0 aliphatic carbocycles. The topological polar surface area (TPSA) is 135 Å². The summed E-state index contributed by atoms with van der Waals surface area (Å²) in [5.74, 6) is -0.317. The Balaban J connectivity index is 2.18. The summed E-state index contributed by atoms with van der Waals surface area (Å²) >= 11 is 0. The Kier molecular flexibility index (Phi) is 36.9. The van der Waals surface area contributed by atoms with E-state index < -0.39 is 43.4 Å². The Morgan fingerprint density at radius 2 is 1.07 bits per heavy atom. The minimum absolute atomic E-state index is 0.113. The summed E-state index contributed by atoms with van der Waals surface area (Å²) in [5.41, 5.74) is 0. The molecular weight excluding hydrogens is 721 g/mol. The Morgan fingerprint density at radius 3 is 1.61 bits per heavy atom. The number of carbonyl (C=O) groups excluding carboxylic acids is 1. The minimum Gasteiger partial charge on any atom is -0.457 e. The quantitative estimate of drug-likeness (QED) is 0.0272. The molecule has 0 aromatic carbocycles. The predicted octanol–water partition coefficient (Wildman–Crippen LogP) is 10.5.